The van der Waals surface area contributed by atoms with Crippen LogP contribution in [0.3, 0.4) is 0 Å². The predicted molar refractivity (Wildman–Crippen MR) is 126 cm³/mol. The zero-order valence-electron chi connectivity index (χ0n) is 19.8. The summed E-state index contributed by atoms with van der Waals surface area (Å²) in [5, 5.41) is 0. The number of carbonyl (C=O) groups excluding carboxylic acids is 2. The smallest absolute Gasteiger partial charge is 0.254 e. The van der Waals surface area contributed by atoms with Crippen molar-refractivity contribution >= 4 is 11.8 Å². The number of carbonyl (C=O) groups is 2. The van der Waals surface area contributed by atoms with Gasteiger partial charge in [0.25, 0.3) is 5.91 Å². The van der Waals surface area contributed by atoms with Crippen molar-refractivity contribution in [1.29, 1.82) is 0 Å². The van der Waals surface area contributed by atoms with E-state index in [9.17, 15) is 9.59 Å². The first-order valence-corrected chi connectivity index (χ1v) is 11.6. The molecule has 1 aliphatic rings. The number of ether oxygens (including phenoxy) is 2. The number of amides is 2. The molecular weight excluding hydrogens is 420 g/mol. The standard InChI is InChI=1S/C25H34N4O4/c1-4-28(5-2)24(30)18-27-12-14-29(15-13-27)25(31)21-9-10-22(23(16-21)32-6-3)33-19-20-8-7-11-26-17-20/h7-11,16-17H,4-6,12-15,18-19H2,1-3H3. The van der Waals surface area contributed by atoms with Crippen molar-refractivity contribution in [2.45, 2.75) is 27.4 Å². The fourth-order valence-electron chi connectivity index (χ4n) is 3.83. The fraction of sp³-hybridized carbons (Fsp3) is 0.480. The molecule has 0 radical (unpaired) electrons. The van der Waals surface area contributed by atoms with Crippen molar-refractivity contribution in [2.24, 2.45) is 0 Å². The summed E-state index contributed by atoms with van der Waals surface area (Å²) in [6, 6.07) is 9.12. The molecule has 0 unspecified atom stereocenters. The van der Waals surface area contributed by atoms with Gasteiger partial charge in [0.15, 0.2) is 11.5 Å². The van der Waals surface area contributed by atoms with Gasteiger partial charge in [-0.15, -0.1) is 0 Å². The molecule has 0 bridgehead atoms. The molecule has 1 aliphatic heterocycles. The van der Waals surface area contributed by atoms with Gasteiger partial charge in [0.05, 0.1) is 13.2 Å². The van der Waals surface area contributed by atoms with E-state index in [4.69, 9.17) is 9.47 Å². The molecule has 0 saturated carbocycles. The maximum absolute atomic E-state index is 13.1. The first-order valence-electron chi connectivity index (χ1n) is 11.6. The fourth-order valence-corrected chi connectivity index (χ4v) is 3.83. The van der Waals surface area contributed by atoms with Gasteiger partial charge in [-0.1, -0.05) is 6.07 Å². The largest absolute Gasteiger partial charge is 0.490 e. The van der Waals surface area contributed by atoms with E-state index in [-0.39, 0.29) is 11.8 Å². The van der Waals surface area contributed by atoms with Crippen molar-refractivity contribution in [1.82, 2.24) is 19.7 Å². The average molecular weight is 455 g/mol. The quantitative estimate of drug-likeness (QED) is 0.550. The summed E-state index contributed by atoms with van der Waals surface area (Å²) in [4.78, 5) is 35.3. The summed E-state index contributed by atoms with van der Waals surface area (Å²) in [5.74, 6) is 1.25. The molecular formula is C25H34N4O4. The Kier molecular flexibility index (Phi) is 9.06. The highest BCUT2D eigenvalue weighted by Gasteiger charge is 2.25. The Morgan fingerprint density at radius 1 is 1.00 bits per heavy atom. The second-order valence-electron chi connectivity index (χ2n) is 7.88. The zero-order chi connectivity index (χ0) is 23.6. The van der Waals surface area contributed by atoms with Crippen LogP contribution in [-0.4, -0.2) is 83.9 Å². The van der Waals surface area contributed by atoms with E-state index < -0.39 is 0 Å². The lowest BCUT2D eigenvalue weighted by atomic mass is 10.1. The van der Waals surface area contributed by atoms with Gasteiger partial charge in [0.2, 0.25) is 5.91 Å². The van der Waals surface area contributed by atoms with Gasteiger partial charge in [-0.05, 0) is 45.0 Å². The van der Waals surface area contributed by atoms with Gasteiger partial charge < -0.3 is 19.3 Å². The number of hydrogen-bond acceptors (Lipinski definition) is 6. The Morgan fingerprint density at radius 2 is 1.76 bits per heavy atom. The highest BCUT2D eigenvalue weighted by molar-refractivity contribution is 5.95. The van der Waals surface area contributed by atoms with Gasteiger partial charge in [-0.3, -0.25) is 19.5 Å². The lowest BCUT2D eigenvalue weighted by molar-refractivity contribution is -0.132. The second kappa shape index (κ2) is 12.2. The Hall–Kier alpha value is -3.13. The van der Waals surface area contributed by atoms with Gasteiger partial charge in [-0.2, -0.15) is 0 Å². The normalized spacial score (nSPS) is 14.1. The highest BCUT2D eigenvalue weighted by Crippen LogP contribution is 2.30. The van der Waals surface area contributed by atoms with E-state index in [2.05, 4.69) is 9.88 Å². The van der Waals surface area contributed by atoms with Crippen LogP contribution in [0.15, 0.2) is 42.7 Å². The van der Waals surface area contributed by atoms with Crippen LogP contribution in [0.4, 0.5) is 0 Å². The Labute approximate surface area is 196 Å². The van der Waals surface area contributed by atoms with Crippen LogP contribution in [0.2, 0.25) is 0 Å². The average Bonchev–Trinajstić information content (AvgIpc) is 2.85. The van der Waals surface area contributed by atoms with Crippen molar-refractivity contribution < 1.29 is 19.1 Å². The summed E-state index contributed by atoms with van der Waals surface area (Å²) in [5.41, 5.74) is 1.53. The second-order valence-corrected chi connectivity index (χ2v) is 7.88. The third-order valence-electron chi connectivity index (χ3n) is 5.74. The number of pyridine rings is 1. The van der Waals surface area contributed by atoms with Crippen LogP contribution < -0.4 is 9.47 Å². The van der Waals surface area contributed by atoms with Gasteiger partial charge in [0, 0.05) is 62.8 Å². The summed E-state index contributed by atoms with van der Waals surface area (Å²) in [6.07, 6.45) is 3.48. The summed E-state index contributed by atoms with van der Waals surface area (Å²) in [6.45, 7) is 11.1. The van der Waals surface area contributed by atoms with Crippen LogP contribution in [0.5, 0.6) is 11.5 Å². The molecule has 8 heteroatoms. The summed E-state index contributed by atoms with van der Waals surface area (Å²) in [7, 11) is 0. The Balaban J connectivity index is 1.59. The van der Waals surface area contributed by atoms with E-state index in [1.54, 1.807) is 30.6 Å². The SMILES string of the molecule is CCOc1cc(C(=O)N2CCN(CC(=O)N(CC)CC)CC2)ccc1OCc1cccnc1. The third-order valence-corrected chi connectivity index (χ3v) is 5.74. The molecule has 2 aromatic rings. The monoisotopic (exact) mass is 454 g/mol. The van der Waals surface area contributed by atoms with Gasteiger partial charge in [0.1, 0.15) is 6.61 Å². The predicted octanol–water partition coefficient (Wildman–Crippen LogP) is 2.69. The van der Waals surface area contributed by atoms with Crippen molar-refractivity contribution in [3.63, 3.8) is 0 Å². The zero-order valence-corrected chi connectivity index (χ0v) is 19.8. The molecule has 3 rings (SSSR count). The van der Waals surface area contributed by atoms with Gasteiger partial charge >= 0.3 is 0 Å². The highest BCUT2D eigenvalue weighted by atomic mass is 16.5. The van der Waals surface area contributed by atoms with Crippen LogP contribution in [0, 0.1) is 0 Å². The maximum atomic E-state index is 13.1. The van der Waals surface area contributed by atoms with Crippen LogP contribution in [0.1, 0.15) is 36.7 Å². The molecule has 8 nitrogen and oxygen atoms in total. The minimum atomic E-state index is -0.0375. The Bertz CT molecular complexity index is 910. The van der Waals surface area contributed by atoms with Crippen LogP contribution >= 0.6 is 0 Å². The van der Waals surface area contributed by atoms with Crippen molar-refractivity contribution in [2.75, 3.05) is 52.4 Å². The molecule has 2 amide bonds. The van der Waals surface area contributed by atoms with Crippen LogP contribution in [-0.2, 0) is 11.4 Å². The minimum absolute atomic E-state index is 0.0375. The molecule has 1 aromatic heterocycles. The summed E-state index contributed by atoms with van der Waals surface area (Å²) >= 11 is 0. The molecule has 178 valence electrons. The molecule has 1 aromatic carbocycles. The molecule has 0 atom stereocenters. The lowest BCUT2D eigenvalue weighted by Crippen LogP contribution is -2.51. The van der Waals surface area contributed by atoms with E-state index in [0.29, 0.717) is 63.0 Å². The van der Waals surface area contributed by atoms with Crippen LogP contribution in [0.25, 0.3) is 0 Å². The first kappa shape index (κ1) is 24.5. The number of benzene rings is 1. The molecule has 2 heterocycles. The van der Waals surface area contributed by atoms with Crippen molar-refractivity contribution in [3.8, 4) is 11.5 Å². The number of piperazine rings is 1. The molecule has 1 saturated heterocycles. The van der Waals surface area contributed by atoms with E-state index in [1.807, 2.05) is 42.7 Å². The van der Waals surface area contributed by atoms with E-state index >= 15 is 0 Å². The molecule has 33 heavy (non-hydrogen) atoms. The van der Waals surface area contributed by atoms with E-state index in [0.717, 1.165) is 18.7 Å². The lowest BCUT2D eigenvalue weighted by Gasteiger charge is -2.35. The third kappa shape index (κ3) is 6.68. The number of hydrogen-bond donors (Lipinski definition) is 0. The number of rotatable bonds is 10. The molecule has 0 aliphatic carbocycles. The minimum Gasteiger partial charge on any atom is -0.490 e. The first-order chi connectivity index (χ1) is 16.0. The topological polar surface area (TPSA) is 75.2 Å². The molecule has 1 fully saturated rings. The van der Waals surface area contributed by atoms with E-state index in [1.165, 1.54) is 0 Å². The molecule has 0 spiro atoms. The van der Waals surface area contributed by atoms with Crippen molar-refractivity contribution in [3.05, 3.63) is 53.9 Å². The number of likely N-dealkylation sites (N-methyl/N-ethyl adjacent to an activating group) is 1. The number of nitrogens with zero attached hydrogens (tertiary/aromatic N) is 4. The number of aromatic nitrogens is 1. The maximum Gasteiger partial charge on any atom is 0.254 e. The molecule has 0 N–H and O–H groups in total. The summed E-state index contributed by atoms with van der Waals surface area (Å²) < 4.78 is 11.7. The Morgan fingerprint density at radius 3 is 2.39 bits per heavy atom. The van der Waals surface area contributed by atoms with Gasteiger partial charge in [-0.25, -0.2) is 0 Å².